The van der Waals surface area contributed by atoms with Crippen LogP contribution in [0, 0.1) is 11.3 Å². The molecule has 2 aliphatic rings. The highest BCUT2D eigenvalue weighted by Crippen LogP contribution is 2.37. The second-order valence-corrected chi connectivity index (χ2v) is 11.2. The van der Waals surface area contributed by atoms with E-state index < -0.39 is 0 Å². The number of hydrogen-bond acceptors (Lipinski definition) is 8. The number of anilines is 1. The van der Waals surface area contributed by atoms with Crippen LogP contribution in [-0.2, 0) is 28.9 Å². The van der Waals surface area contributed by atoms with Crippen LogP contribution < -0.4 is 5.32 Å². The van der Waals surface area contributed by atoms with Gasteiger partial charge in [-0.15, -0.1) is 32.9 Å². The molecule has 0 spiro atoms. The van der Waals surface area contributed by atoms with Crippen molar-refractivity contribution in [1.82, 2.24) is 14.8 Å². The van der Waals surface area contributed by atoms with Gasteiger partial charge in [-0.3, -0.25) is 9.36 Å². The molecule has 0 aromatic carbocycles. The first-order chi connectivity index (χ1) is 16.2. The van der Waals surface area contributed by atoms with E-state index >= 15 is 0 Å². The standard InChI is InChI=1S/C23H25N5O2S3/c24-12-17-16-7-2-1-3-8-18(16)33-22(17)25-20(29)14-32-23-27-26-21(19-9-5-11-31-19)28(23)13-15-6-4-10-30-15/h5,9,11,15H,1-4,6-8,10,13-14H2,(H,25,29). The Hall–Kier alpha value is -2.19. The van der Waals surface area contributed by atoms with E-state index in [0.29, 0.717) is 22.3 Å². The maximum Gasteiger partial charge on any atom is 0.235 e. The first-order valence-corrected chi connectivity index (χ1v) is 14.0. The third-order valence-electron chi connectivity index (χ3n) is 5.99. The Labute approximate surface area is 205 Å². The minimum Gasteiger partial charge on any atom is -0.376 e. The number of hydrogen-bond donors (Lipinski definition) is 1. The molecule has 3 aromatic rings. The summed E-state index contributed by atoms with van der Waals surface area (Å²) in [5.41, 5.74) is 1.79. The first-order valence-electron chi connectivity index (χ1n) is 11.3. The average Bonchev–Trinajstić information content (AvgIpc) is 3.60. The van der Waals surface area contributed by atoms with Gasteiger partial charge in [-0.2, -0.15) is 5.26 Å². The van der Waals surface area contributed by atoms with Gasteiger partial charge in [-0.05, 0) is 55.5 Å². The Morgan fingerprint density at radius 2 is 2.21 bits per heavy atom. The van der Waals surface area contributed by atoms with Crippen molar-refractivity contribution in [3.05, 3.63) is 33.5 Å². The number of aryl methyl sites for hydroxylation is 1. The molecule has 5 rings (SSSR count). The largest absolute Gasteiger partial charge is 0.376 e. The Kier molecular flexibility index (Phi) is 7.11. The lowest BCUT2D eigenvalue weighted by Crippen LogP contribution is -2.18. The number of nitrogens with zero attached hydrogens (tertiary/aromatic N) is 4. The number of ether oxygens (including phenoxy) is 1. The van der Waals surface area contributed by atoms with Crippen LogP contribution in [0.2, 0.25) is 0 Å². The number of rotatable bonds is 7. The summed E-state index contributed by atoms with van der Waals surface area (Å²) in [6.45, 7) is 1.47. The minimum absolute atomic E-state index is 0.128. The summed E-state index contributed by atoms with van der Waals surface area (Å²) < 4.78 is 7.92. The molecule has 33 heavy (non-hydrogen) atoms. The van der Waals surface area contributed by atoms with Gasteiger partial charge in [0, 0.05) is 11.5 Å². The number of nitriles is 1. The summed E-state index contributed by atoms with van der Waals surface area (Å²) in [5.74, 6) is 0.899. The third kappa shape index (κ3) is 5.01. The van der Waals surface area contributed by atoms with Crippen molar-refractivity contribution >= 4 is 45.3 Å². The SMILES string of the molecule is N#Cc1c(NC(=O)CSc2nnc(-c3cccs3)n2CC2CCCO2)sc2c1CCCCC2. The van der Waals surface area contributed by atoms with E-state index in [1.807, 2.05) is 17.5 Å². The van der Waals surface area contributed by atoms with Crippen molar-refractivity contribution in [2.24, 2.45) is 0 Å². The predicted molar refractivity (Wildman–Crippen MR) is 132 cm³/mol. The van der Waals surface area contributed by atoms with Gasteiger partial charge in [0.05, 0.1) is 28.8 Å². The molecule has 1 atom stereocenters. The van der Waals surface area contributed by atoms with Gasteiger partial charge >= 0.3 is 0 Å². The van der Waals surface area contributed by atoms with Gasteiger partial charge in [0.2, 0.25) is 5.91 Å². The van der Waals surface area contributed by atoms with Crippen LogP contribution in [-0.4, -0.2) is 39.1 Å². The Morgan fingerprint density at radius 3 is 3.00 bits per heavy atom. The van der Waals surface area contributed by atoms with E-state index in [9.17, 15) is 10.1 Å². The normalized spacial score (nSPS) is 18.0. The quantitative estimate of drug-likeness (QED) is 0.358. The fourth-order valence-corrected chi connectivity index (χ4v) is 7.10. The van der Waals surface area contributed by atoms with E-state index in [1.165, 1.54) is 23.1 Å². The molecule has 172 valence electrons. The van der Waals surface area contributed by atoms with Crippen LogP contribution in [0.5, 0.6) is 0 Å². The zero-order valence-corrected chi connectivity index (χ0v) is 20.7. The van der Waals surface area contributed by atoms with Crippen molar-refractivity contribution in [2.75, 3.05) is 17.7 Å². The molecule has 1 aliphatic carbocycles. The summed E-state index contributed by atoms with van der Waals surface area (Å²) in [6.07, 6.45) is 7.61. The third-order valence-corrected chi connectivity index (χ3v) is 9.03. The average molecular weight is 500 g/mol. The predicted octanol–water partition coefficient (Wildman–Crippen LogP) is 5.12. The molecule has 7 nitrogen and oxygen atoms in total. The van der Waals surface area contributed by atoms with Crippen molar-refractivity contribution < 1.29 is 9.53 Å². The number of carbonyl (C=O) groups excluding carboxylic acids is 1. The lowest BCUT2D eigenvalue weighted by molar-refractivity contribution is -0.113. The van der Waals surface area contributed by atoms with Crippen LogP contribution in [0.1, 0.15) is 48.1 Å². The lowest BCUT2D eigenvalue weighted by Gasteiger charge is -2.14. The number of nitrogens with one attached hydrogen (secondary N) is 1. The molecule has 1 N–H and O–H groups in total. The Morgan fingerprint density at radius 1 is 1.30 bits per heavy atom. The van der Waals surface area contributed by atoms with Crippen molar-refractivity contribution in [3.8, 4) is 16.8 Å². The van der Waals surface area contributed by atoms with Gasteiger partial charge in [0.15, 0.2) is 11.0 Å². The molecular formula is C23H25N5O2S3. The smallest absolute Gasteiger partial charge is 0.235 e. The monoisotopic (exact) mass is 499 g/mol. The first kappa shape index (κ1) is 22.6. The fourth-order valence-electron chi connectivity index (χ4n) is 4.38. The minimum atomic E-state index is -0.128. The molecule has 1 saturated heterocycles. The van der Waals surface area contributed by atoms with Gasteiger partial charge < -0.3 is 10.1 Å². The molecule has 0 radical (unpaired) electrons. The maximum absolute atomic E-state index is 12.8. The van der Waals surface area contributed by atoms with Gasteiger partial charge in [0.25, 0.3) is 0 Å². The molecule has 1 unspecified atom stereocenters. The summed E-state index contributed by atoms with van der Waals surface area (Å²) in [7, 11) is 0. The Balaban J connectivity index is 1.29. The zero-order valence-electron chi connectivity index (χ0n) is 18.2. The van der Waals surface area contributed by atoms with Gasteiger partial charge in [0.1, 0.15) is 11.1 Å². The lowest BCUT2D eigenvalue weighted by atomic mass is 10.1. The number of carbonyl (C=O) groups is 1. The number of thiophene rings is 2. The highest BCUT2D eigenvalue weighted by molar-refractivity contribution is 7.99. The summed E-state index contributed by atoms with van der Waals surface area (Å²) in [4.78, 5) is 15.1. The van der Waals surface area contributed by atoms with Gasteiger partial charge in [-0.1, -0.05) is 24.2 Å². The molecule has 1 fully saturated rings. The van der Waals surface area contributed by atoms with Crippen molar-refractivity contribution in [2.45, 2.75) is 62.8 Å². The topological polar surface area (TPSA) is 92.8 Å². The Bertz CT molecular complexity index is 1160. The van der Waals surface area contributed by atoms with Crippen molar-refractivity contribution in [1.29, 1.82) is 5.26 Å². The zero-order chi connectivity index (χ0) is 22.6. The highest BCUT2D eigenvalue weighted by Gasteiger charge is 2.24. The van der Waals surface area contributed by atoms with Crippen LogP contribution in [0.4, 0.5) is 5.00 Å². The second-order valence-electron chi connectivity index (χ2n) is 8.25. The van der Waals surface area contributed by atoms with Crippen molar-refractivity contribution in [3.63, 3.8) is 0 Å². The fraction of sp³-hybridized carbons (Fsp3) is 0.478. The molecular weight excluding hydrogens is 474 g/mol. The number of amides is 1. The molecule has 1 aliphatic heterocycles. The van der Waals surface area contributed by atoms with E-state index in [0.717, 1.165) is 61.4 Å². The molecule has 10 heteroatoms. The van der Waals surface area contributed by atoms with E-state index in [1.54, 1.807) is 22.7 Å². The number of fused-ring (bicyclic) bond motifs is 1. The van der Waals surface area contributed by atoms with Gasteiger partial charge in [-0.25, -0.2) is 0 Å². The highest BCUT2D eigenvalue weighted by atomic mass is 32.2. The van der Waals surface area contributed by atoms with Crippen LogP contribution >= 0.6 is 34.4 Å². The summed E-state index contributed by atoms with van der Waals surface area (Å²) in [6, 6.07) is 6.36. The molecule has 4 heterocycles. The molecule has 1 amide bonds. The van der Waals surface area contributed by atoms with Crippen LogP contribution in [0.3, 0.4) is 0 Å². The second kappa shape index (κ2) is 10.4. The number of thioether (sulfide) groups is 1. The van der Waals surface area contributed by atoms with Crippen LogP contribution in [0.25, 0.3) is 10.7 Å². The maximum atomic E-state index is 12.8. The van der Waals surface area contributed by atoms with E-state index in [-0.39, 0.29) is 17.8 Å². The number of aromatic nitrogens is 3. The molecule has 0 saturated carbocycles. The summed E-state index contributed by atoms with van der Waals surface area (Å²) in [5, 5.41) is 24.9. The molecule has 0 bridgehead atoms. The molecule has 3 aromatic heterocycles. The van der Waals surface area contributed by atoms with E-state index in [4.69, 9.17) is 4.74 Å². The van der Waals surface area contributed by atoms with Crippen LogP contribution in [0.15, 0.2) is 22.7 Å². The van der Waals surface area contributed by atoms with E-state index in [2.05, 4.69) is 26.2 Å². The summed E-state index contributed by atoms with van der Waals surface area (Å²) >= 11 is 4.56.